The third-order valence-electron chi connectivity index (χ3n) is 14.9. The van der Waals surface area contributed by atoms with Gasteiger partial charge < -0.3 is 50.8 Å². The molecule has 4 aromatic rings. The average molecular weight is 957 g/mol. The van der Waals surface area contributed by atoms with Crippen molar-refractivity contribution in [2.24, 2.45) is 0 Å². The van der Waals surface area contributed by atoms with Gasteiger partial charge in [0.15, 0.2) is 0 Å². The molecule has 2 saturated heterocycles. The number of amides is 2. The van der Waals surface area contributed by atoms with E-state index in [1.54, 1.807) is 0 Å². The molecule has 70 heavy (non-hydrogen) atoms. The summed E-state index contributed by atoms with van der Waals surface area (Å²) < 4.78 is 13.4. The molecule has 378 valence electrons. The largest absolute Gasteiger partial charge is 0.485 e. The third-order valence-corrected chi connectivity index (χ3v) is 14.9. The Labute approximate surface area is 417 Å². The number of nitrogens with one attached hydrogen (secondary N) is 4. The lowest BCUT2D eigenvalue weighted by Gasteiger charge is -2.41. The maximum Gasteiger partial charge on any atom is 0.220 e. The molecule has 6 atom stereocenters. The zero-order valence-corrected chi connectivity index (χ0v) is 42.7. The van der Waals surface area contributed by atoms with Crippen LogP contribution in [0.25, 0.3) is 0 Å². The summed E-state index contributed by atoms with van der Waals surface area (Å²) in [6, 6.07) is 27.5. The van der Waals surface area contributed by atoms with Gasteiger partial charge in [-0.05, 0) is 113 Å². The van der Waals surface area contributed by atoms with Crippen LogP contribution >= 0.6 is 0 Å². The number of fused-ring (bicyclic) bond motifs is 2. The fraction of sp³-hybridized carbons (Fsp3) is 0.552. The molecule has 4 aliphatic rings. The van der Waals surface area contributed by atoms with Crippen LogP contribution < -0.4 is 40.5 Å². The minimum absolute atomic E-state index is 0.0618. The van der Waals surface area contributed by atoms with E-state index in [1.807, 2.05) is 60.7 Å². The first kappa shape index (κ1) is 51.2. The summed E-state index contributed by atoms with van der Waals surface area (Å²) in [5.74, 6) is 1.21. The van der Waals surface area contributed by atoms with Gasteiger partial charge in [-0.3, -0.25) is 9.59 Å². The van der Waals surface area contributed by atoms with Crippen molar-refractivity contribution in [1.82, 2.24) is 21.3 Å². The van der Waals surface area contributed by atoms with E-state index in [2.05, 4.69) is 96.9 Å². The number of carbonyl (C=O) groups excluding carboxylic acids is 2. The van der Waals surface area contributed by atoms with E-state index in [-0.39, 0.29) is 49.8 Å². The van der Waals surface area contributed by atoms with Crippen LogP contribution in [0.4, 0.5) is 11.4 Å². The Morgan fingerprint density at radius 3 is 1.31 bits per heavy atom. The second kappa shape index (κ2) is 22.9. The lowest BCUT2D eigenvalue weighted by molar-refractivity contribution is -0.128. The van der Waals surface area contributed by atoms with Crippen LogP contribution in [0.2, 0.25) is 0 Å². The molecular formula is C58H80N6O6. The Morgan fingerprint density at radius 1 is 0.586 bits per heavy atom. The van der Waals surface area contributed by atoms with Gasteiger partial charge in [-0.2, -0.15) is 0 Å². The van der Waals surface area contributed by atoms with E-state index in [9.17, 15) is 19.8 Å². The molecule has 0 aliphatic carbocycles. The van der Waals surface area contributed by atoms with Crippen LogP contribution in [0.15, 0.2) is 84.9 Å². The van der Waals surface area contributed by atoms with Gasteiger partial charge in [0, 0.05) is 88.2 Å². The summed E-state index contributed by atoms with van der Waals surface area (Å²) in [4.78, 5) is 32.5. The number of aliphatic hydroxyl groups is 2. The van der Waals surface area contributed by atoms with Gasteiger partial charge in [0.2, 0.25) is 11.8 Å². The van der Waals surface area contributed by atoms with E-state index >= 15 is 0 Å². The number of carbonyl (C=O) groups is 2. The highest BCUT2D eigenvalue weighted by Gasteiger charge is 2.39. The lowest BCUT2D eigenvalue weighted by Crippen LogP contribution is -2.51. The Kier molecular flexibility index (Phi) is 16.8. The van der Waals surface area contributed by atoms with Gasteiger partial charge in [-0.25, -0.2) is 0 Å². The zero-order chi connectivity index (χ0) is 49.4. The van der Waals surface area contributed by atoms with E-state index in [4.69, 9.17) is 9.47 Å². The molecule has 4 aromatic carbocycles. The molecule has 2 amide bonds. The predicted molar refractivity (Wildman–Crippen MR) is 280 cm³/mol. The highest BCUT2D eigenvalue weighted by atomic mass is 16.5. The molecule has 2 fully saturated rings. The number of aliphatic hydroxyl groups excluding tert-OH is 2. The first-order valence-electron chi connectivity index (χ1n) is 26.4. The SMILES string of the molecule is CCc1cc2c(c(N3CCCC3)c1)OC(C)(C)C[C@@H]2NC[C@H](O)[C@H](Cc1ccccc1)NC(=O)CCC(=O)N[C@@H](Cc1ccccc1)[C@@H](O)CN[C@@H]1CC(C)(C)Oc2c1cc(CC)cc2N1CCCC1. The molecule has 8 rings (SSSR count). The van der Waals surface area contributed by atoms with Crippen LogP contribution in [-0.2, 0) is 35.3 Å². The second-order valence-corrected chi connectivity index (χ2v) is 21.6. The minimum Gasteiger partial charge on any atom is -0.485 e. The van der Waals surface area contributed by atoms with Crippen molar-refractivity contribution >= 4 is 23.2 Å². The smallest absolute Gasteiger partial charge is 0.220 e. The third kappa shape index (κ3) is 13.0. The zero-order valence-electron chi connectivity index (χ0n) is 42.7. The quantitative estimate of drug-likeness (QED) is 0.0485. The molecule has 0 aromatic heterocycles. The summed E-state index contributed by atoms with van der Waals surface area (Å²) in [7, 11) is 0. The van der Waals surface area contributed by atoms with Crippen LogP contribution in [0.1, 0.15) is 138 Å². The van der Waals surface area contributed by atoms with Crippen molar-refractivity contribution in [2.75, 3.05) is 49.1 Å². The molecule has 12 heteroatoms. The molecule has 4 heterocycles. The van der Waals surface area contributed by atoms with E-state index in [0.29, 0.717) is 12.8 Å². The van der Waals surface area contributed by atoms with Crippen molar-refractivity contribution in [1.29, 1.82) is 0 Å². The first-order valence-corrected chi connectivity index (χ1v) is 26.4. The first-order chi connectivity index (χ1) is 33.7. The van der Waals surface area contributed by atoms with Gasteiger partial charge in [0.25, 0.3) is 0 Å². The monoisotopic (exact) mass is 957 g/mol. The summed E-state index contributed by atoms with van der Waals surface area (Å²) in [5.41, 5.74) is 8.19. The van der Waals surface area contributed by atoms with E-state index in [0.717, 1.165) is 97.0 Å². The predicted octanol–water partition coefficient (Wildman–Crippen LogP) is 8.05. The number of aryl methyl sites for hydroxylation is 2. The number of rotatable bonds is 21. The number of hydrogen-bond donors (Lipinski definition) is 6. The van der Waals surface area contributed by atoms with Crippen molar-refractivity contribution in [2.45, 2.75) is 166 Å². The normalized spacial score (nSPS) is 20.9. The lowest BCUT2D eigenvalue weighted by atomic mass is 9.87. The molecule has 0 bridgehead atoms. The van der Waals surface area contributed by atoms with E-state index < -0.39 is 35.5 Å². The maximum atomic E-state index is 13.8. The summed E-state index contributed by atoms with van der Waals surface area (Å²) in [5, 5.41) is 37.5. The Hall–Kier alpha value is -5.14. The average Bonchev–Trinajstić information content (AvgIpc) is 4.10. The topological polar surface area (TPSA) is 148 Å². The maximum absolute atomic E-state index is 13.8. The molecule has 0 radical (unpaired) electrons. The number of benzene rings is 4. The Bertz CT molecular complexity index is 2200. The number of hydrogen-bond acceptors (Lipinski definition) is 10. The number of ether oxygens (including phenoxy) is 2. The van der Waals surface area contributed by atoms with Crippen LogP contribution in [-0.4, -0.2) is 96.8 Å². The second-order valence-electron chi connectivity index (χ2n) is 21.6. The number of nitrogens with zero attached hydrogens (tertiary/aromatic N) is 2. The van der Waals surface area contributed by atoms with Crippen molar-refractivity contribution in [3.05, 3.63) is 118 Å². The van der Waals surface area contributed by atoms with Crippen LogP contribution in [0, 0.1) is 0 Å². The van der Waals surface area contributed by atoms with Crippen molar-refractivity contribution in [3.8, 4) is 11.5 Å². The molecule has 4 aliphatic heterocycles. The van der Waals surface area contributed by atoms with Crippen LogP contribution in [0.3, 0.4) is 0 Å². The molecule has 0 saturated carbocycles. The fourth-order valence-corrected chi connectivity index (χ4v) is 11.0. The fourth-order valence-electron chi connectivity index (χ4n) is 11.0. The highest BCUT2D eigenvalue weighted by molar-refractivity contribution is 5.84. The standard InChI is InChI=1S/C58H80N6O6/c1-7-39-29-43-47(35-57(3,4)69-55(43)49(33-39)63-25-15-16-26-63)59-37-51(65)45(31-41-19-11-9-12-20-41)61-53(67)23-24-54(68)62-46(32-42-21-13-10-14-22-42)52(66)38-60-48-36-58(5,6)70-56-44(48)30-40(8-2)34-50(56)64-27-17-18-28-64/h9-14,19-22,29-30,33-34,45-48,51-52,59-60,65-66H,7-8,15-18,23-28,31-32,35-38H2,1-6H3,(H,61,67)(H,62,68)/t45-,46-,47-,48+,51-,52-/m0/s1. The van der Waals surface area contributed by atoms with Gasteiger partial charge in [-0.15, -0.1) is 0 Å². The molecule has 12 nitrogen and oxygen atoms in total. The summed E-state index contributed by atoms with van der Waals surface area (Å²) >= 11 is 0. The molecule has 0 spiro atoms. The van der Waals surface area contributed by atoms with Crippen molar-refractivity contribution in [3.63, 3.8) is 0 Å². The minimum atomic E-state index is -0.925. The number of anilines is 2. The van der Waals surface area contributed by atoms with Gasteiger partial charge in [0.05, 0.1) is 35.7 Å². The highest BCUT2D eigenvalue weighted by Crippen LogP contribution is 2.48. The van der Waals surface area contributed by atoms with Gasteiger partial charge >= 0.3 is 0 Å². The summed E-state index contributed by atoms with van der Waals surface area (Å²) in [6.07, 6.45) is 6.79. The Balaban J connectivity index is 0.920. The Morgan fingerprint density at radius 2 is 0.957 bits per heavy atom. The van der Waals surface area contributed by atoms with Crippen LogP contribution in [0.5, 0.6) is 11.5 Å². The van der Waals surface area contributed by atoms with Crippen molar-refractivity contribution < 1.29 is 29.3 Å². The molecule has 6 N–H and O–H groups in total. The summed E-state index contributed by atoms with van der Waals surface area (Å²) in [6.45, 7) is 17.4. The molecule has 0 unspecified atom stereocenters. The van der Waals surface area contributed by atoms with E-state index in [1.165, 1.54) is 36.8 Å². The van der Waals surface area contributed by atoms with Gasteiger partial charge in [0.1, 0.15) is 22.7 Å². The van der Waals surface area contributed by atoms with Gasteiger partial charge in [-0.1, -0.05) is 86.6 Å². The molecular weight excluding hydrogens is 877 g/mol.